The van der Waals surface area contributed by atoms with Crippen LogP contribution in [0.4, 0.5) is 10.1 Å². The van der Waals surface area contributed by atoms with Crippen molar-refractivity contribution in [1.29, 1.82) is 0 Å². The number of carbonyl (C=O) groups is 2. The minimum Gasteiger partial charge on any atom is -0.505 e. The average Bonchev–Trinajstić information content (AvgIpc) is 4.00. The molecule has 2 amide bonds. The number of hydrogen-bond donors (Lipinski definition) is 2. The quantitative estimate of drug-likeness (QED) is 0.305. The third kappa shape index (κ3) is 4.80. The molecule has 14 heteroatoms. The number of likely N-dealkylation sites (tertiary alicyclic amines) is 1. The Morgan fingerprint density at radius 3 is 2.69 bits per heavy atom. The first-order valence-corrected chi connectivity index (χ1v) is 17.1. The summed E-state index contributed by atoms with van der Waals surface area (Å²) < 4.78 is 23.3. The lowest BCUT2D eigenvalue weighted by atomic mass is 9.71. The summed E-state index contributed by atoms with van der Waals surface area (Å²) in [4.78, 5) is 52.1. The number of hydrogen-bond acceptors (Lipinski definition) is 8. The van der Waals surface area contributed by atoms with E-state index in [1.165, 1.54) is 16.8 Å². The molecule has 2 saturated carbocycles. The van der Waals surface area contributed by atoms with Crippen LogP contribution in [0.2, 0.25) is 5.02 Å². The molecule has 2 aliphatic heterocycles. The molecule has 1 spiro atoms. The minimum atomic E-state index is -1.35. The molecule has 12 nitrogen and oxygen atoms in total. The Hall–Kier alpha value is -4.62. The third-order valence-corrected chi connectivity index (χ3v) is 11.4. The lowest BCUT2D eigenvalue weighted by molar-refractivity contribution is -0.116. The topological polar surface area (TPSA) is 144 Å². The molecule has 4 aromatic rings. The molecule has 252 valence electrons. The number of benzene rings is 1. The van der Waals surface area contributed by atoms with Crippen LogP contribution in [0.1, 0.15) is 77.6 Å². The average molecular weight is 686 g/mol. The van der Waals surface area contributed by atoms with E-state index in [9.17, 15) is 23.9 Å². The zero-order valence-corrected chi connectivity index (χ0v) is 27.2. The fourth-order valence-electron chi connectivity index (χ4n) is 8.31. The number of nitrogens with one attached hydrogen (secondary N) is 1. The van der Waals surface area contributed by atoms with Gasteiger partial charge in [0, 0.05) is 41.9 Å². The number of nitrogens with zero attached hydrogens (tertiary/aromatic N) is 6. The first-order valence-electron chi connectivity index (χ1n) is 16.7. The maximum Gasteiger partial charge on any atom is 0.279 e. The van der Waals surface area contributed by atoms with Gasteiger partial charge in [0.25, 0.3) is 11.5 Å². The van der Waals surface area contributed by atoms with E-state index in [2.05, 4.69) is 15.4 Å². The van der Waals surface area contributed by atoms with Gasteiger partial charge in [-0.1, -0.05) is 23.7 Å². The molecule has 49 heavy (non-hydrogen) atoms. The molecule has 0 bridgehead atoms. The van der Waals surface area contributed by atoms with E-state index in [1.807, 2.05) is 10.6 Å². The van der Waals surface area contributed by atoms with Crippen LogP contribution in [0.15, 0.2) is 47.4 Å². The van der Waals surface area contributed by atoms with Gasteiger partial charge in [0.05, 0.1) is 23.9 Å². The summed E-state index contributed by atoms with van der Waals surface area (Å²) >= 11 is 6.50. The van der Waals surface area contributed by atoms with Gasteiger partial charge in [0.1, 0.15) is 18.0 Å². The van der Waals surface area contributed by atoms with Crippen LogP contribution in [-0.2, 0) is 27.2 Å². The summed E-state index contributed by atoms with van der Waals surface area (Å²) in [7, 11) is 0. The summed E-state index contributed by atoms with van der Waals surface area (Å²) in [5, 5.41) is 18.1. The van der Waals surface area contributed by atoms with Gasteiger partial charge < -0.3 is 24.6 Å². The van der Waals surface area contributed by atoms with Crippen LogP contribution < -0.4 is 10.9 Å². The highest BCUT2D eigenvalue weighted by molar-refractivity contribution is 6.33. The standard InChI is InChI=1S/C35H33ClFN7O5/c36-23-16-20(35(37)7-8-35)3-4-24(23)39-26(46)18-43-29-21-17-22(21)34(9-12-42(13-10-34)32(48)28-25(45)2-1-11-38-28)27(29)31(47)44-33(43)40-30(41-44)19-5-14-49-15-6-19/h1-5,11,16,21-22,45H,6-10,12-15,17-18H2,(H,39,46)/t21-,22+/m0/s1. The number of carbonyl (C=O) groups excluding carboxylic acids is 2. The second-order valence-electron chi connectivity index (χ2n) is 13.8. The van der Waals surface area contributed by atoms with E-state index in [4.69, 9.17) is 21.3 Å². The first-order chi connectivity index (χ1) is 23.7. The summed E-state index contributed by atoms with van der Waals surface area (Å²) in [5.74, 6) is 0.0785. The Kier molecular flexibility index (Phi) is 6.80. The maximum atomic E-state index is 14.7. The Morgan fingerprint density at radius 2 is 1.98 bits per heavy atom. The van der Waals surface area contributed by atoms with Crippen molar-refractivity contribution < 1.29 is 23.8 Å². The van der Waals surface area contributed by atoms with Gasteiger partial charge in [-0.2, -0.15) is 9.50 Å². The van der Waals surface area contributed by atoms with Crippen molar-refractivity contribution in [1.82, 2.24) is 29.0 Å². The largest absolute Gasteiger partial charge is 0.505 e. The highest BCUT2D eigenvalue weighted by Gasteiger charge is 2.64. The Morgan fingerprint density at radius 1 is 1.16 bits per heavy atom. The van der Waals surface area contributed by atoms with Crippen LogP contribution >= 0.6 is 11.6 Å². The fraction of sp³-hybridized carbons (Fsp3) is 0.429. The molecule has 9 rings (SSSR count). The smallest absolute Gasteiger partial charge is 0.279 e. The molecule has 5 aliphatic rings. The summed E-state index contributed by atoms with van der Waals surface area (Å²) in [6, 6.07) is 7.85. The Balaban J connectivity index is 1.08. The van der Waals surface area contributed by atoms with Crippen LogP contribution in [0.3, 0.4) is 0 Å². The summed E-state index contributed by atoms with van der Waals surface area (Å²) in [6.07, 6.45) is 6.86. The second-order valence-corrected chi connectivity index (χ2v) is 14.2. The molecule has 2 N–H and O–H groups in total. The van der Waals surface area contributed by atoms with Gasteiger partial charge in [-0.3, -0.25) is 14.4 Å². The predicted octanol–water partition coefficient (Wildman–Crippen LogP) is 4.34. The van der Waals surface area contributed by atoms with Gasteiger partial charge in [-0.05, 0) is 79.8 Å². The first kappa shape index (κ1) is 30.4. The van der Waals surface area contributed by atoms with E-state index < -0.39 is 11.1 Å². The van der Waals surface area contributed by atoms with Crippen LogP contribution in [-0.4, -0.2) is 72.3 Å². The van der Waals surface area contributed by atoms with Crippen molar-refractivity contribution in [2.24, 2.45) is 5.92 Å². The third-order valence-electron chi connectivity index (χ3n) is 11.1. The predicted molar refractivity (Wildman–Crippen MR) is 176 cm³/mol. The van der Waals surface area contributed by atoms with Crippen LogP contribution in [0.25, 0.3) is 11.4 Å². The number of anilines is 1. The fourth-order valence-corrected chi connectivity index (χ4v) is 8.54. The Labute approximate surface area is 284 Å². The zero-order valence-electron chi connectivity index (χ0n) is 26.5. The van der Waals surface area contributed by atoms with Gasteiger partial charge in [0.2, 0.25) is 11.7 Å². The van der Waals surface area contributed by atoms with E-state index in [0.717, 1.165) is 17.7 Å². The molecule has 3 fully saturated rings. The monoisotopic (exact) mass is 685 g/mol. The van der Waals surface area contributed by atoms with Gasteiger partial charge in [-0.15, -0.1) is 5.10 Å². The van der Waals surface area contributed by atoms with Gasteiger partial charge >= 0.3 is 0 Å². The lowest BCUT2D eigenvalue weighted by Crippen LogP contribution is -2.48. The molecule has 0 radical (unpaired) electrons. The van der Waals surface area contributed by atoms with Crippen molar-refractivity contribution in [2.45, 2.75) is 62.1 Å². The molecule has 5 heterocycles. The van der Waals surface area contributed by atoms with Crippen molar-refractivity contribution in [3.8, 4) is 5.75 Å². The summed E-state index contributed by atoms with van der Waals surface area (Å²) in [5.41, 5.74) is 1.11. The normalized spacial score (nSPS) is 22.8. The van der Waals surface area contributed by atoms with Crippen molar-refractivity contribution >= 4 is 40.5 Å². The number of piperidine rings is 1. The highest BCUT2D eigenvalue weighted by atomic mass is 35.5. The number of ether oxygens (including phenoxy) is 1. The maximum absolute atomic E-state index is 14.7. The van der Waals surface area contributed by atoms with Crippen LogP contribution in [0.5, 0.6) is 5.75 Å². The number of halogens is 2. The molecular formula is C35H33ClFN7O5. The van der Waals surface area contributed by atoms with Crippen molar-refractivity contribution in [3.05, 3.63) is 86.3 Å². The van der Waals surface area contributed by atoms with Gasteiger partial charge in [0.15, 0.2) is 11.5 Å². The number of alkyl halides is 1. The zero-order chi connectivity index (χ0) is 33.7. The molecule has 0 unspecified atom stereocenters. The molecule has 1 aromatic carbocycles. The van der Waals surface area contributed by atoms with E-state index in [0.29, 0.717) is 81.0 Å². The molecular weight excluding hydrogens is 653 g/mol. The van der Waals surface area contributed by atoms with Gasteiger partial charge in [-0.25, -0.2) is 9.37 Å². The van der Waals surface area contributed by atoms with Crippen molar-refractivity contribution in [3.63, 3.8) is 0 Å². The molecule has 2 atom stereocenters. The van der Waals surface area contributed by atoms with Crippen molar-refractivity contribution in [2.75, 3.05) is 31.6 Å². The Bertz CT molecular complexity index is 2170. The second kappa shape index (κ2) is 10.9. The number of pyridine rings is 1. The SMILES string of the molecule is O=C(Cn1c2c(c(=O)n3nc(C4=CCOCC4)nc13)C1(CCN(C(=O)c3ncccc3O)CC1)[C@@H]1C[C@H]21)Nc1ccc(C2(F)CC2)cc1Cl. The summed E-state index contributed by atoms with van der Waals surface area (Å²) in [6.45, 7) is 1.58. The number of aromatic nitrogens is 5. The van der Waals surface area contributed by atoms with E-state index in [-0.39, 0.29) is 58.0 Å². The number of rotatable bonds is 6. The molecule has 3 aromatic heterocycles. The van der Waals surface area contributed by atoms with Crippen LogP contribution in [0, 0.1) is 5.92 Å². The molecule has 1 saturated heterocycles. The van der Waals surface area contributed by atoms with E-state index >= 15 is 0 Å². The molecule has 3 aliphatic carbocycles. The minimum absolute atomic E-state index is 0.00805. The lowest BCUT2D eigenvalue weighted by Gasteiger charge is -2.41. The number of fused-ring (bicyclic) bond motifs is 6. The number of amides is 2. The number of aromatic hydroxyl groups is 1. The van der Waals surface area contributed by atoms with E-state index in [1.54, 1.807) is 29.2 Å². The highest BCUT2D eigenvalue weighted by Crippen LogP contribution is 2.67.